The zero-order chi connectivity index (χ0) is 13.3. The molecule has 102 valence electrons. The minimum Gasteiger partial charge on any atom is -0.367 e. The van der Waals surface area contributed by atoms with E-state index in [1.165, 1.54) is 12.8 Å². The number of carbonyl (C=O) groups excluding carboxylic acids is 1. The molecule has 1 saturated heterocycles. The Kier molecular flexibility index (Phi) is 3.31. The summed E-state index contributed by atoms with van der Waals surface area (Å²) in [7, 11) is 0. The lowest BCUT2D eigenvalue weighted by molar-refractivity contribution is -0.136. The number of likely N-dealkylation sites (tertiary alicyclic amines) is 1. The van der Waals surface area contributed by atoms with Crippen molar-refractivity contribution in [2.24, 2.45) is 11.3 Å². The van der Waals surface area contributed by atoms with E-state index in [9.17, 15) is 4.79 Å². The highest BCUT2D eigenvalue weighted by molar-refractivity contribution is 5.78. The first-order valence-electron chi connectivity index (χ1n) is 7.13. The van der Waals surface area contributed by atoms with Gasteiger partial charge in [-0.25, -0.2) is 0 Å². The van der Waals surface area contributed by atoms with Gasteiger partial charge in [-0.3, -0.25) is 4.79 Å². The van der Waals surface area contributed by atoms with Crippen molar-refractivity contribution >= 4 is 5.91 Å². The number of hydrogen-bond acceptors (Lipinski definition) is 2. The fraction of sp³-hybridized carbons (Fsp3) is 0.562. The maximum atomic E-state index is 12.1. The van der Waals surface area contributed by atoms with Crippen molar-refractivity contribution in [3.63, 3.8) is 0 Å². The smallest absolute Gasteiger partial charge is 0.248 e. The van der Waals surface area contributed by atoms with Crippen LogP contribution in [0.1, 0.15) is 25.3 Å². The molecule has 0 radical (unpaired) electrons. The summed E-state index contributed by atoms with van der Waals surface area (Å²) in [6.07, 6.45) is 2.52. The van der Waals surface area contributed by atoms with Gasteiger partial charge in [0.15, 0.2) is 0 Å². The summed E-state index contributed by atoms with van der Waals surface area (Å²) in [6, 6.07) is 9.98. The molecule has 1 heterocycles. The Morgan fingerprint density at radius 3 is 2.89 bits per heavy atom. The Hall–Kier alpha value is -1.35. The molecule has 1 saturated carbocycles. The van der Waals surface area contributed by atoms with Crippen LogP contribution in [0.5, 0.6) is 0 Å². The van der Waals surface area contributed by atoms with Crippen molar-refractivity contribution in [3.05, 3.63) is 35.9 Å². The van der Waals surface area contributed by atoms with Crippen molar-refractivity contribution in [2.75, 3.05) is 19.7 Å². The zero-order valence-corrected chi connectivity index (χ0v) is 11.5. The molecule has 2 aliphatic rings. The van der Waals surface area contributed by atoms with Gasteiger partial charge in [-0.05, 0) is 29.7 Å². The van der Waals surface area contributed by atoms with Crippen molar-refractivity contribution in [1.82, 2.24) is 4.90 Å². The Labute approximate surface area is 114 Å². The maximum Gasteiger partial charge on any atom is 0.248 e. The van der Waals surface area contributed by atoms with Crippen molar-refractivity contribution in [1.29, 1.82) is 0 Å². The molecule has 1 amide bonds. The number of carbonyl (C=O) groups is 1. The summed E-state index contributed by atoms with van der Waals surface area (Å²) < 4.78 is 5.52. The van der Waals surface area contributed by atoms with Crippen molar-refractivity contribution in [3.8, 4) is 0 Å². The molecule has 2 atom stereocenters. The van der Waals surface area contributed by atoms with Crippen LogP contribution in [0.3, 0.4) is 0 Å². The van der Waals surface area contributed by atoms with E-state index >= 15 is 0 Å². The Balaban J connectivity index is 1.43. The van der Waals surface area contributed by atoms with Crippen LogP contribution in [0, 0.1) is 11.3 Å². The van der Waals surface area contributed by atoms with Gasteiger partial charge in [-0.1, -0.05) is 37.3 Å². The summed E-state index contributed by atoms with van der Waals surface area (Å²) in [6.45, 7) is 4.85. The lowest BCUT2D eigenvalue weighted by Gasteiger charge is -2.20. The van der Waals surface area contributed by atoms with E-state index in [1.54, 1.807) is 0 Å². The topological polar surface area (TPSA) is 29.5 Å². The lowest BCUT2D eigenvalue weighted by atomic mass is 10.0. The van der Waals surface area contributed by atoms with Gasteiger partial charge in [0, 0.05) is 13.1 Å². The zero-order valence-electron chi connectivity index (χ0n) is 11.5. The third kappa shape index (κ3) is 2.52. The van der Waals surface area contributed by atoms with Crippen LogP contribution in [0.4, 0.5) is 0 Å². The first kappa shape index (κ1) is 12.7. The molecule has 2 fully saturated rings. The van der Waals surface area contributed by atoms with Crippen LogP contribution >= 0.6 is 0 Å². The highest BCUT2D eigenvalue weighted by Gasteiger charge is 2.59. The molecule has 0 N–H and O–H groups in total. The quantitative estimate of drug-likeness (QED) is 0.813. The SMILES string of the molecule is CCC12CC1CN(C(=O)COCc1ccccc1)C2. The number of benzene rings is 1. The van der Waals surface area contributed by atoms with Crippen LogP contribution in [0.2, 0.25) is 0 Å². The van der Waals surface area contributed by atoms with E-state index in [0.29, 0.717) is 12.0 Å². The van der Waals surface area contributed by atoms with E-state index in [4.69, 9.17) is 4.74 Å². The molecule has 3 nitrogen and oxygen atoms in total. The average Bonchev–Trinajstić information content (AvgIpc) is 3.01. The standard InChI is InChI=1S/C16H21NO2/c1-2-16-8-14(16)9-17(12-16)15(18)11-19-10-13-6-4-3-5-7-13/h3-7,14H,2,8-12H2,1H3. The fourth-order valence-corrected chi connectivity index (χ4v) is 3.25. The number of ether oxygens (including phenoxy) is 1. The molecule has 0 bridgehead atoms. The van der Waals surface area contributed by atoms with E-state index in [1.807, 2.05) is 35.2 Å². The number of amides is 1. The molecule has 0 aromatic heterocycles. The molecule has 3 heteroatoms. The summed E-state index contributed by atoms with van der Waals surface area (Å²) in [5.74, 6) is 0.909. The predicted octanol–water partition coefficient (Wildman–Crippen LogP) is 2.46. The molecule has 0 spiro atoms. The van der Waals surface area contributed by atoms with Crippen LogP contribution in [-0.2, 0) is 16.1 Å². The molecule has 3 rings (SSSR count). The second-order valence-electron chi connectivity index (χ2n) is 5.87. The van der Waals surface area contributed by atoms with Gasteiger partial charge in [-0.2, -0.15) is 0 Å². The highest BCUT2D eigenvalue weighted by Crippen LogP contribution is 2.59. The van der Waals surface area contributed by atoms with Crippen LogP contribution in [0.15, 0.2) is 30.3 Å². The molecule has 1 aliphatic carbocycles. The van der Waals surface area contributed by atoms with Gasteiger partial charge in [-0.15, -0.1) is 0 Å². The Morgan fingerprint density at radius 1 is 1.42 bits per heavy atom. The van der Waals surface area contributed by atoms with Gasteiger partial charge in [0.25, 0.3) is 0 Å². The monoisotopic (exact) mass is 259 g/mol. The second kappa shape index (κ2) is 4.97. The van der Waals surface area contributed by atoms with Gasteiger partial charge in [0.2, 0.25) is 5.91 Å². The van der Waals surface area contributed by atoms with Gasteiger partial charge < -0.3 is 9.64 Å². The molecular weight excluding hydrogens is 238 g/mol. The fourth-order valence-electron chi connectivity index (χ4n) is 3.25. The van der Waals surface area contributed by atoms with Crippen LogP contribution < -0.4 is 0 Å². The van der Waals surface area contributed by atoms with Crippen molar-refractivity contribution < 1.29 is 9.53 Å². The largest absolute Gasteiger partial charge is 0.367 e. The number of rotatable bonds is 5. The Morgan fingerprint density at radius 2 is 2.21 bits per heavy atom. The van der Waals surface area contributed by atoms with Crippen LogP contribution in [-0.4, -0.2) is 30.5 Å². The highest BCUT2D eigenvalue weighted by atomic mass is 16.5. The molecule has 2 unspecified atom stereocenters. The number of hydrogen-bond donors (Lipinski definition) is 0. The summed E-state index contributed by atoms with van der Waals surface area (Å²) in [4.78, 5) is 14.0. The summed E-state index contributed by atoms with van der Waals surface area (Å²) >= 11 is 0. The molecule has 19 heavy (non-hydrogen) atoms. The Bertz CT molecular complexity index is 455. The molecular formula is C16H21NO2. The second-order valence-corrected chi connectivity index (χ2v) is 5.87. The van der Waals surface area contributed by atoms with E-state index in [2.05, 4.69) is 6.92 Å². The van der Waals surface area contributed by atoms with Crippen LogP contribution in [0.25, 0.3) is 0 Å². The normalized spacial score (nSPS) is 28.3. The van der Waals surface area contributed by atoms with E-state index in [0.717, 1.165) is 24.6 Å². The summed E-state index contributed by atoms with van der Waals surface area (Å²) in [5.41, 5.74) is 1.58. The van der Waals surface area contributed by atoms with Gasteiger partial charge in [0.05, 0.1) is 6.61 Å². The first-order chi connectivity index (χ1) is 9.23. The third-order valence-electron chi connectivity index (χ3n) is 4.70. The number of piperidine rings is 1. The first-order valence-corrected chi connectivity index (χ1v) is 7.13. The lowest BCUT2D eigenvalue weighted by Crippen LogP contribution is -2.34. The van der Waals surface area contributed by atoms with E-state index < -0.39 is 0 Å². The minimum absolute atomic E-state index is 0.149. The number of fused-ring (bicyclic) bond motifs is 1. The number of nitrogens with zero attached hydrogens (tertiary/aromatic N) is 1. The van der Waals surface area contributed by atoms with E-state index in [-0.39, 0.29) is 12.5 Å². The molecule has 1 aliphatic heterocycles. The predicted molar refractivity (Wildman–Crippen MR) is 73.5 cm³/mol. The summed E-state index contributed by atoms with van der Waals surface area (Å²) in [5, 5.41) is 0. The minimum atomic E-state index is 0.149. The molecule has 1 aromatic rings. The van der Waals surface area contributed by atoms with Crippen molar-refractivity contribution in [2.45, 2.75) is 26.4 Å². The van der Waals surface area contributed by atoms with Gasteiger partial charge >= 0.3 is 0 Å². The van der Waals surface area contributed by atoms with Gasteiger partial charge in [0.1, 0.15) is 6.61 Å². The maximum absolute atomic E-state index is 12.1. The third-order valence-corrected chi connectivity index (χ3v) is 4.70. The molecule has 1 aromatic carbocycles. The average molecular weight is 259 g/mol.